The van der Waals surface area contributed by atoms with E-state index in [0.29, 0.717) is 12.2 Å². The Balaban J connectivity index is 1.93. The third-order valence-corrected chi connectivity index (χ3v) is 6.06. The van der Waals surface area contributed by atoms with Crippen LogP contribution in [-0.4, -0.2) is 79.1 Å². The Hall–Kier alpha value is -2.07. The normalized spacial score (nSPS) is 18.3. The first-order valence-corrected chi connectivity index (χ1v) is 10.1. The number of fused-ring (bicyclic) bond motifs is 1. The molecule has 0 aliphatic carbocycles. The number of rotatable bonds is 4. The number of aryl methyl sites for hydroxylation is 1. The molecule has 1 saturated heterocycles. The van der Waals surface area contributed by atoms with Gasteiger partial charge in [0, 0.05) is 32.9 Å². The molecule has 1 amide bonds. The fourth-order valence-electron chi connectivity index (χ4n) is 3.48. The van der Waals surface area contributed by atoms with E-state index < -0.39 is 11.2 Å². The minimum absolute atomic E-state index is 0.0282. The Kier molecular flexibility index (Phi) is 5.75. The van der Waals surface area contributed by atoms with E-state index in [2.05, 4.69) is 9.88 Å². The summed E-state index contributed by atoms with van der Waals surface area (Å²) in [7, 11) is 7.02. The zero-order chi connectivity index (χ0) is 19.7. The lowest BCUT2D eigenvalue weighted by molar-refractivity contribution is -0.133. The largest absolute Gasteiger partial charge is 0.336 e. The molecule has 1 aliphatic rings. The van der Waals surface area contributed by atoms with Gasteiger partial charge in [-0.25, -0.2) is 9.78 Å². The lowest BCUT2D eigenvalue weighted by atomic mass is 10.2. The molecule has 0 bridgehead atoms. The van der Waals surface area contributed by atoms with E-state index in [1.807, 2.05) is 30.8 Å². The quantitative estimate of drug-likeness (QED) is 0.684. The first kappa shape index (κ1) is 19.7. The van der Waals surface area contributed by atoms with Crippen LogP contribution < -0.4 is 11.2 Å². The summed E-state index contributed by atoms with van der Waals surface area (Å²) < 4.78 is 3.93. The second-order valence-electron chi connectivity index (χ2n) is 7.18. The summed E-state index contributed by atoms with van der Waals surface area (Å²) in [6.45, 7) is 1.56. The van der Waals surface area contributed by atoms with Gasteiger partial charge in [-0.15, -0.1) is 0 Å². The summed E-state index contributed by atoms with van der Waals surface area (Å²) in [5.41, 5.74) is -0.289. The predicted octanol–water partition coefficient (Wildman–Crippen LogP) is -0.671. The first-order chi connectivity index (χ1) is 12.8. The average Bonchev–Trinajstić information content (AvgIpc) is 2.89. The standard InChI is InChI=1S/C17H26N6O3S/c1-19(2)8-12-10-27-7-5-6-23(12)13(24)9-22-11-18-15-14(22)16(25)21(4)17(26)20(15)3/h11-12H,5-10H2,1-4H3. The van der Waals surface area contributed by atoms with E-state index >= 15 is 0 Å². The van der Waals surface area contributed by atoms with Gasteiger partial charge in [0.2, 0.25) is 5.91 Å². The van der Waals surface area contributed by atoms with Gasteiger partial charge in [-0.2, -0.15) is 11.8 Å². The topological polar surface area (TPSA) is 85.4 Å². The Morgan fingerprint density at radius 2 is 2.04 bits per heavy atom. The number of likely N-dealkylation sites (N-methyl/N-ethyl adjacent to an activating group) is 1. The number of thioether (sulfide) groups is 1. The number of amides is 1. The van der Waals surface area contributed by atoms with Gasteiger partial charge in [-0.05, 0) is 26.3 Å². The summed E-state index contributed by atoms with van der Waals surface area (Å²) in [6, 6.07) is 0.141. The van der Waals surface area contributed by atoms with Crippen LogP contribution in [-0.2, 0) is 25.4 Å². The summed E-state index contributed by atoms with van der Waals surface area (Å²) >= 11 is 1.87. The van der Waals surface area contributed by atoms with E-state index in [-0.39, 0.29) is 24.0 Å². The monoisotopic (exact) mass is 394 g/mol. The minimum atomic E-state index is -0.435. The van der Waals surface area contributed by atoms with Gasteiger partial charge in [-0.1, -0.05) is 0 Å². The molecular weight excluding hydrogens is 368 g/mol. The van der Waals surface area contributed by atoms with Crippen LogP contribution in [0, 0.1) is 0 Å². The molecule has 3 heterocycles. The zero-order valence-electron chi connectivity index (χ0n) is 16.2. The number of hydrogen-bond acceptors (Lipinski definition) is 6. The van der Waals surface area contributed by atoms with E-state index in [9.17, 15) is 14.4 Å². The lowest BCUT2D eigenvalue weighted by Gasteiger charge is -2.31. The van der Waals surface area contributed by atoms with Crippen molar-refractivity contribution in [3.63, 3.8) is 0 Å². The molecule has 1 atom stereocenters. The van der Waals surface area contributed by atoms with Crippen LogP contribution in [0.2, 0.25) is 0 Å². The molecular formula is C17H26N6O3S. The Labute approximate surface area is 161 Å². The molecule has 2 aromatic heterocycles. The summed E-state index contributed by atoms with van der Waals surface area (Å²) in [6.07, 6.45) is 2.43. The Bertz CT molecular complexity index is 960. The summed E-state index contributed by atoms with van der Waals surface area (Å²) in [4.78, 5) is 45.9. The smallest absolute Gasteiger partial charge is 0.332 e. The van der Waals surface area contributed by atoms with Crippen molar-refractivity contribution in [2.75, 3.05) is 38.7 Å². The molecule has 148 valence electrons. The molecule has 10 heteroatoms. The number of nitrogens with zero attached hydrogens (tertiary/aromatic N) is 6. The van der Waals surface area contributed by atoms with Crippen molar-refractivity contribution >= 4 is 28.8 Å². The maximum Gasteiger partial charge on any atom is 0.332 e. The second-order valence-corrected chi connectivity index (χ2v) is 8.33. The molecule has 1 unspecified atom stereocenters. The van der Waals surface area contributed by atoms with E-state index in [1.54, 1.807) is 11.6 Å². The molecule has 1 fully saturated rings. The van der Waals surface area contributed by atoms with Crippen LogP contribution in [0.1, 0.15) is 6.42 Å². The van der Waals surface area contributed by atoms with E-state index in [1.165, 1.54) is 17.9 Å². The third-order valence-electron chi connectivity index (χ3n) is 4.86. The molecule has 2 aromatic rings. The number of imidazole rings is 1. The Morgan fingerprint density at radius 1 is 1.30 bits per heavy atom. The van der Waals surface area contributed by atoms with Crippen molar-refractivity contribution in [1.29, 1.82) is 0 Å². The third kappa shape index (κ3) is 3.81. The van der Waals surface area contributed by atoms with Crippen molar-refractivity contribution in [2.45, 2.75) is 19.0 Å². The van der Waals surface area contributed by atoms with Gasteiger partial charge in [-0.3, -0.25) is 18.7 Å². The number of carbonyl (C=O) groups excluding carboxylic acids is 1. The van der Waals surface area contributed by atoms with Crippen LogP contribution in [0.5, 0.6) is 0 Å². The van der Waals surface area contributed by atoms with Crippen LogP contribution >= 0.6 is 11.8 Å². The van der Waals surface area contributed by atoms with E-state index in [4.69, 9.17) is 0 Å². The van der Waals surface area contributed by atoms with Gasteiger partial charge in [0.05, 0.1) is 12.4 Å². The number of aromatic nitrogens is 4. The highest BCUT2D eigenvalue weighted by atomic mass is 32.2. The molecule has 3 rings (SSSR count). The fourth-order valence-corrected chi connectivity index (χ4v) is 4.54. The van der Waals surface area contributed by atoms with Crippen molar-refractivity contribution in [1.82, 2.24) is 28.5 Å². The highest BCUT2D eigenvalue weighted by Crippen LogP contribution is 2.18. The van der Waals surface area contributed by atoms with Crippen LogP contribution in [0.15, 0.2) is 15.9 Å². The lowest BCUT2D eigenvalue weighted by Crippen LogP contribution is -2.48. The molecule has 0 radical (unpaired) electrons. The second kappa shape index (κ2) is 7.89. The first-order valence-electron chi connectivity index (χ1n) is 8.94. The fraction of sp³-hybridized carbons (Fsp3) is 0.647. The van der Waals surface area contributed by atoms with Gasteiger partial charge >= 0.3 is 5.69 Å². The maximum absolute atomic E-state index is 13.1. The number of hydrogen-bond donors (Lipinski definition) is 0. The molecule has 9 nitrogen and oxygen atoms in total. The van der Waals surface area contributed by atoms with Gasteiger partial charge in [0.25, 0.3) is 5.56 Å². The van der Waals surface area contributed by atoms with Crippen LogP contribution in [0.25, 0.3) is 11.2 Å². The molecule has 0 N–H and O–H groups in total. The molecule has 0 saturated carbocycles. The highest BCUT2D eigenvalue weighted by Gasteiger charge is 2.27. The highest BCUT2D eigenvalue weighted by molar-refractivity contribution is 7.99. The summed E-state index contributed by atoms with van der Waals surface area (Å²) in [5.74, 6) is 1.93. The SMILES string of the molecule is CN(C)CC1CSCCCN1C(=O)Cn1cnc2c1c(=O)n(C)c(=O)n2C. The summed E-state index contributed by atoms with van der Waals surface area (Å²) in [5, 5.41) is 0. The van der Waals surface area contributed by atoms with Crippen molar-refractivity contribution in [3.8, 4) is 0 Å². The minimum Gasteiger partial charge on any atom is -0.336 e. The Morgan fingerprint density at radius 3 is 2.74 bits per heavy atom. The molecule has 0 spiro atoms. The molecule has 0 aromatic carbocycles. The van der Waals surface area contributed by atoms with Crippen LogP contribution in [0.3, 0.4) is 0 Å². The van der Waals surface area contributed by atoms with Crippen molar-refractivity contribution < 1.29 is 4.79 Å². The van der Waals surface area contributed by atoms with Gasteiger partial charge < -0.3 is 14.4 Å². The van der Waals surface area contributed by atoms with Crippen molar-refractivity contribution in [2.24, 2.45) is 14.1 Å². The zero-order valence-corrected chi connectivity index (χ0v) is 17.0. The molecule has 27 heavy (non-hydrogen) atoms. The van der Waals surface area contributed by atoms with Crippen LogP contribution in [0.4, 0.5) is 0 Å². The number of carbonyl (C=O) groups is 1. The van der Waals surface area contributed by atoms with E-state index in [0.717, 1.165) is 29.0 Å². The van der Waals surface area contributed by atoms with Gasteiger partial charge in [0.1, 0.15) is 6.54 Å². The van der Waals surface area contributed by atoms with Crippen molar-refractivity contribution in [3.05, 3.63) is 27.2 Å². The molecule has 1 aliphatic heterocycles. The average molecular weight is 395 g/mol. The predicted molar refractivity (Wildman–Crippen MR) is 106 cm³/mol. The maximum atomic E-state index is 13.1. The van der Waals surface area contributed by atoms with Gasteiger partial charge in [0.15, 0.2) is 11.2 Å².